The number of carbonyl (C=O) groups is 3. The molecule has 10 nitrogen and oxygen atoms in total. The van der Waals surface area contributed by atoms with E-state index >= 15 is 0 Å². The molecule has 190 valence electrons. The first-order valence-corrected chi connectivity index (χ1v) is 10.9. The van der Waals surface area contributed by atoms with Crippen LogP contribution in [0.5, 0.6) is 17.2 Å². The molecule has 0 spiro atoms. The van der Waals surface area contributed by atoms with E-state index in [-0.39, 0.29) is 18.7 Å². The van der Waals surface area contributed by atoms with E-state index in [1.165, 1.54) is 40.4 Å². The molecule has 1 atom stereocenters. The van der Waals surface area contributed by atoms with Crippen molar-refractivity contribution in [1.82, 2.24) is 5.32 Å². The summed E-state index contributed by atoms with van der Waals surface area (Å²) in [6.45, 7) is 2.35. The van der Waals surface area contributed by atoms with Gasteiger partial charge < -0.3 is 28.4 Å². The Morgan fingerprint density at radius 2 is 1.51 bits per heavy atom. The lowest BCUT2D eigenvalue weighted by atomic mass is 9.88. The van der Waals surface area contributed by atoms with Crippen molar-refractivity contribution >= 4 is 17.9 Å². The number of rotatable bonds is 13. The van der Waals surface area contributed by atoms with Gasteiger partial charge in [-0.1, -0.05) is 37.3 Å². The van der Waals surface area contributed by atoms with Gasteiger partial charge in [0, 0.05) is 6.92 Å². The number of nitrogens with one attached hydrogen (secondary N) is 1. The van der Waals surface area contributed by atoms with Crippen LogP contribution in [0.1, 0.15) is 36.2 Å². The summed E-state index contributed by atoms with van der Waals surface area (Å²) < 4.78 is 31.1. The molecule has 0 saturated heterocycles. The van der Waals surface area contributed by atoms with Gasteiger partial charge in [-0.25, -0.2) is 4.79 Å². The van der Waals surface area contributed by atoms with E-state index in [9.17, 15) is 14.4 Å². The van der Waals surface area contributed by atoms with Crippen molar-refractivity contribution < 1.29 is 42.8 Å². The smallest absolute Gasteiger partial charge is 0.338 e. The van der Waals surface area contributed by atoms with Crippen molar-refractivity contribution in [2.75, 3.05) is 41.3 Å². The second-order valence-electron chi connectivity index (χ2n) is 7.42. The summed E-state index contributed by atoms with van der Waals surface area (Å²) in [6, 6.07) is 12.3. The molecule has 1 unspecified atom stereocenters. The molecule has 0 bridgehead atoms. The lowest BCUT2D eigenvalue weighted by Crippen LogP contribution is -2.48. The maximum atomic E-state index is 13.0. The second-order valence-corrected chi connectivity index (χ2v) is 7.42. The van der Waals surface area contributed by atoms with Crippen molar-refractivity contribution in [3.63, 3.8) is 0 Å². The largest absolute Gasteiger partial charge is 0.493 e. The molecule has 0 aliphatic carbocycles. The molecule has 0 radical (unpaired) electrons. The number of carbonyl (C=O) groups excluding carboxylic acids is 3. The monoisotopic (exact) mass is 489 g/mol. The number of esters is 3. The zero-order chi connectivity index (χ0) is 25.8. The molecule has 0 aliphatic rings. The summed E-state index contributed by atoms with van der Waals surface area (Å²) >= 11 is 0. The van der Waals surface area contributed by atoms with E-state index < -0.39 is 30.2 Å². The highest BCUT2D eigenvalue weighted by Gasteiger charge is 2.33. The maximum Gasteiger partial charge on any atom is 0.338 e. The van der Waals surface area contributed by atoms with Crippen LogP contribution in [-0.4, -0.2) is 59.2 Å². The summed E-state index contributed by atoms with van der Waals surface area (Å²) in [5, 5.41) is 3.15. The van der Waals surface area contributed by atoms with Gasteiger partial charge in [-0.15, -0.1) is 0 Å². The molecular weight excluding hydrogens is 458 g/mol. The molecule has 0 amide bonds. The van der Waals surface area contributed by atoms with Crippen LogP contribution in [0.15, 0.2) is 42.5 Å². The third-order valence-corrected chi connectivity index (χ3v) is 5.33. The van der Waals surface area contributed by atoms with Gasteiger partial charge in [0.2, 0.25) is 12.5 Å². The molecule has 2 rings (SSSR count). The van der Waals surface area contributed by atoms with Crippen LogP contribution in [0.2, 0.25) is 0 Å². The first-order chi connectivity index (χ1) is 16.8. The zero-order valence-corrected chi connectivity index (χ0v) is 20.5. The quantitative estimate of drug-likeness (QED) is 0.332. The van der Waals surface area contributed by atoms with Crippen LogP contribution in [0.3, 0.4) is 0 Å². The highest BCUT2D eigenvalue weighted by Crippen LogP contribution is 2.38. The van der Waals surface area contributed by atoms with Crippen molar-refractivity contribution in [1.29, 1.82) is 0 Å². The van der Waals surface area contributed by atoms with Crippen LogP contribution in [0, 0.1) is 0 Å². The normalized spacial score (nSPS) is 12.1. The van der Waals surface area contributed by atoms with E-state index in [1.54, 1.807) is 0 Å². The van der Waals surface area contributed by atoms with Gasteiger partial charge in [-0.2, -0.15) is 0 Å². The third kappa shape index (κ3) is 7.35. The van der Waals surface area contributed by atoms with Gasteiger partial charge >= 0.3 is 17.9 Å². The molecule has 0 aliphatic heterocycles. The highest BCUT2D eigenvalue weighted by molar-refractivity contribution is 5.91. The fourth-order valence-corrected chi connectivity index (χ4v) is 3.37. The molecule has 2 aromatic rings. The predicted octanol–water partition coefficient (Wildman–Crippen LogP) is 2.83. The molecule has 35 heavy (non-hydrogen) atoms. The van der Waals surface area contributed by atoms with Crippen LogP contribution >= 0.6 is 0 Å². The summed E-state index contributed by atoms with van der Waals surface area (Å²) in [5.41, 5.74) is 0.129. The SMILES string of the molecule is CCC(COC(=O)c1cc(OC)c(OC)c(OC)c1)(NCC(=O)OCOC(C)=O)c1ccccc1. The standard InChI is InChI=1S/C25H31NO9/c1-6-25(19-10-8-7-9-11-19,26-14-22(28)35-16-34-17(2)27)15-33-24(29)18-12-20(30-3)23(32-5)21(13-18)31-4/h7-13,26H,6,14-16H2,1-5H3. The minimum absolute atomic E-state index is 0.0831. The van der Waals surface area contributed by atoms with E-state index in [4.69, 9.17) is 23.7 Å². The van der Waals surface area contributed by atoms with Crippen LogP contribution in [-0.2, 0) is 29.3 Å². The Labute approximate surface area is 204 Å². The minimum atomic E-state index is -0.891. The fourth-order valence-electron chi connectivity index (χ4n) is 3.37. The average molecular weight is 490 g/mol. The molecule has 0 fully saturated rings. The Kier molecular flexibility index (Phi) is 10.3. The average Bonchev–Trinajstić information content (AvgIpc) is 2.88. The van der Waals surface area contributed by atoms with Gasteiger partial charge in [-0.05, 0) is 24.1 Å². The first-order valence-electron chi connectivity index (χ1n) is 10.9. The molecule has 0 aromatic heterocycles. The van der Waals surface area contributed by atoms with Crippen molar-refractivity contribution in [3.8, 4) is 17.2 Å². The van der Waals surface area contributed by atoms with Gasteiger partial charge in [0.25, 0.3) is 0 Å². The highest BCUT2D eigenvalue weighted by atomic mass is 16.7. The zero-order valence-electron chi connectivity index (χ0n) is 20.5. The Morgan fingerprint density at radius 1 is 0.886 bits per heavy atom. The summed E-state index contributed by atoms with van der Waals surface area (Å²) in [7, 11) is 4.37. The third-order valence-electron chi connectivity index (χ3n) is 5.33. The fraction of sp³-hybridized carbons (Fsp3) is 0.400. The molecule has 2 aromatic carbocycles. The first kappa shape index (κ1) is 27.5. The molecular formula is C25H31NO9. The number of methoxy groups -OCH3 is 3. The van der Waals surface area contributed by atoms with Gasteiger partial charge in [0.05, 0.1) is 39.0 Å². The van der Waals surface area contributed by atoms with Crippen LogP contribution < -0.4 is 19.5 Å². The summed E-state index contributed by atoms with van der Waals surface area (Å²) in [4.78, 5) is 36.0. The lowest BCUT2D eigenvalue weighted by Gasteiger charge is -2.34. The number of benzene rings is 2. The minimum Gasteiger partial charge on any atom is -0.493 e. The number of hydrogen-bond acceptors (Lipinski definition) is 10. The molecule has 10 heteroatoms. The van der Waals surface area contributed by atoms with Crippen LogP contribution in [0.4, 0.5) is 0 Å². The Bertz CT molecular complexity index is 984. The summed E-state index contributed by atoms with van der Waals surface area (Å²) in [5.74, 6) is -0.813. The Morgan fingerprint density at radius 3 is 2.03 bits per heavy atom. The van der Waals surface area contributed by atoms with Crippen molar-refractivity contribution in [2.24, 2.45) is 0 Å². The Hall–Kier alpha value is -3.79. The van der Waals surface area contributed by atoms with Crippen molar-refractivity contribution in [3.05, 3.63) is 53.6 Å². The Balaban J connectivity index is 2.22. The second kappa shape index (κ2) is 13.2. The van der Waals surface area contributed by atoms with Crippen LogP contribution in [0.25, 0.3) is 0 Å². The number of hydrogen-bond donors (Lipinski definition) is 1. The van der Waals surface area contributed by atoms with Gasteiger partial charge in [0.15, 0.2) is 11.5 Å². The lowest BCUT2D eigenvalue weighted by molar-refractivity contribution is -0.165. The van der Waals surface area contributed by atoms with E-state index in [0.29, 0.717) is 23.7 Å². The van der Waals surface area contributed by atoms with E-state index in [0.717, 1.165) is 5.56 Å². The molecule has 1 N–H and O–H groups in total. The van der Waals surface area contributed by atoms with E-state index in [2.05, 4.69) is 10.1 Å². The molecule has 0 heterocycles. The van der Waals surface area contributed by atoms with E-state index in [1.807, 2.05) is 37.3 Å². The number of ether oxygens (including phenoxy) is 6. The van der Waals surface area contributed by atoms with Crippen molar-refractivity contribution in [2.45, 2.75) is 25.8 Å². The summed E-state index contributed by atoms with van der Waals surface area (Å²) in [6.07, 6.45) is 0.483. The van der Waals surface area contributed by atoms with Gasteiger partial charge in [-0.3, -0.25) is 14.9 Å². The maximum absolute atomic E-state index is 13.0. The molecule has 0 saturated carbocycles. The topological polar surface area (TPSA) is 119 Å². The predicted molar refractivity (Wildman–Crippen MR) is 126 cm³/mol. The van der Waals surface area contributed by atoms with Gasteiger partial charge in [0.1, 0.15) is 6.61 Å².